The number of rotatable bonds is 4. The van der Waals surface area contributed by atoms with Crippen LogP contribution in [0.1, 0.15) is 55.0 Å². The predicted octanol–water partition coefficient (Wildman–Crippen LogP) is 4.67. The van der Waals surface area contributed by atoms with Crippen LogP contribution in [0.5, 0.6) is 0 Å². The zero-order valence-electron chi connectivity index (χ0n) is 10.6. The summed E-state index contributed by atoms with van der Waals surface area (Å²) in [5, 5.41) is 4.04. The third-order valence-corrected chi connectivity index (χ3v) is 6.45. The lowest BCUT2D eigenvalue weighted by Crippen LogP contribution is -2.37. The summed E-state index contributed by atoms with van der Waals surface area (Å²) in [6.07, 6.45) is 9.89. The molecule has 2 saturated carbocycles. The quantitative estimate of drug-likeness (QED) is 0.848. The lowest BCUT2D eigenvalue weighted by Gasteiger charge is -2.29. The van der Waals surface area contributed by atoms with Gasteiger partial charge < -0.3 is 5.32 Å². The van der Waals surface area contributed by atoms with Crippen molar-refractivity contribution in [3.05, 3.63) is 20.3 Å². The summed E-state index contributed by atoms with van der Waals surface area (Å²) in [4.78, 5) is 1.62. The molecule has 3 aliphatic carbocycles. The van der Waals surface area contributed by atoms with Crippen LogP contribution in [0.3, 0.4) is 0 Å². The van der Waals surface area contributed by atoms with Gasteiger partial charge in [0.1, 0.15) is 0 Å². The molecule has 2 fully saturated rings. The van der Waals surface area contributed by atoms with E-state index in [4.69, 9.17) is 0 Å². The Morgan fingerprint density at radius 2 is 1.89 bits per heavy atom. The van der Waals surface area contributed by atoms with E-state index in [9.17, 15) is 0 Å². The van der Waals surface area contributed by atoms with Gasteiger partial charge in [0.15, 0.2) is 0 Å². The lowest BCUT2D eigenvalue weighted by atomic mass is 9.92. The van der Waals surface area contributed by atoms with Crippen molar-refractivity contribution in [1.29, 1.82) is 0 Å². The molecule has 98 valence electrons. The van der Waals surface area contributed by atoms with Crippen molar-refractivity contribution < 1.29 is 0 Å². The van der Waals surface area contributed by atoms with E-state index in [1.54, 1.807) is 10.4 Å². The van der Waals surface area contributed by atoms with E-state index in [0.29, 0.717) is 6.04 Å². The number of hydrogen-bond donors (Lipinski definition) is 1. The molecule has 18 heavy (non-hydrogen) atoms. The van der Waals surface area contributed by atoms with Crippen LogP contribution in [-0.4, -0.2) is 6.04 Å². The summed E-state index contributed by atoms with van der Waals surface area (Å²) >= 11 is 5.61. The molecule has 1 heterocycles. The van der Waals surface area contributed by atoms with Crippen LogP contribution < -0.4 is 5.32 Å². The second-order valence-corrected chi connectivity index (χ2v) is 8.76. The molecule has 3 heteroatoms. The summed E-state index contributed by atoms with van der Waals surface area (Å²) in [5.74, 6) is 2.01. The Morgan fingerprint density at radius 1 is 1.17 bits per heavy atom. The molecule has 0 aromatic carbocycles. The highest BCUT2D eigenvalue weighted by atomic mass is 79.9. The summed E-state index contributed by atoms with van der Waals surface area (Å²) in [6.45, 7) is 0. The maximum Gasteiger partial charge on any atom is 0.0704 e. The normalized spacial score (nSPS) is 27.6. The van der Waals surface area contributed by atoms with Crippen molar-refractivity contribution >= 4 is 27.3 Å². The van der Waals surface area contributed by atoms with Gasteiger partial charge in [-0.25, -0.2) is 0 Å². The van der Waals surface area contributed by atoms with Crippen molar-refractivity contribution in [3.63, 3.8) is 0 Å². The van der Waals surface area contributed by atoms with Crippen molar-refractivity contribution in [2.75, 3.05) is 0 Å². The highest BCUT2D eigenvalue weighted by Gasteiger charge is 2.42. The number of hydrogen-bond acceptors (Lipinski definition) is 2. The van der Waals surface area contributed by atoms with E-state index in [0.717, 1.165) is 17.9 Å². The Bertz CT molecular complexity index is 435. The molecule has 0 bridgehead atoms. The molecule has 0 radical (unpaired) electrons. The van der Waals surface area contributed by atoms with Crippen LogP contribution in [0.4, 0.5) is 0 Å². The van der Waals surface area contributed by atoms with Crippen molar-refractivity contribution in [2.45, 2.75) is 57.0 Å². The van der Waals surface area contributed by atoms with Gasteiger partial charge in [-0.05, 0) is 84.3 Å². The van der Waals surface area contributed by atoms with Gasteiger partial charge in [-0.1, -0.05) is 0 Å². The van der Waals surface area contributed by atoms with Gasteiger partial charge in [0, 0.05) is 17.0 Å². The van der Waals surface area contributed by atoms with Crippen LogP contribution >= 0.6 is 27.3 Å². The minimum absolute atomic E-state index is 0.641. The number of fused-ring (bicyclic) bond motifs is 1. The monoisotopic (exact) mass is 325 g/mol. The Hall–Kier alpha value is 0.140. The van der Waals surface area contributed by atoms with Gasteiger partial charge in [0.2, 0.25) is 0 Å². The molecule has 1 nitrogen and oxygen atoms in total. The number of halogens is 1. The Kier molecular flexibility index (Phi) is 3.05. The maximum absolute atomic E-state index is 4.04. The first-order chi connectivity index (χ1) is 8.81. The molecule has 0 spiro atoms. The summed E-state index contributed by atoms with van der Waals surface area (Å²) in [5.41, 5.74) is 1.60. The molecular formula is C15H20BrNS. The van der Waals surface area contributed by atoms with Gasteiger partial charge in [0.05, 0.1) is 3.79 Å². The molecule has 1 aromatic heterocycles. The summed E-state index contributed by atoms with van der Waals surface area (Å²) in [6, 6.07) is 3.84. The van der Waals surface area contributed by atoms with Gasteiger partial charge in [-0.3, -0.25) is 0 Å². The molecule has 1 atom stereocenters. The zero-order chi connectivity index (χ0) is 12.1. The van der Waals surface area contributed by atoms with Gasteiger partial charge in [-0.2, -0.15) is 0 Å². The predicted molar refractivity (Wildman–Crippen MR) is 80.1 cm³/mol. The largest absolute Gasteiger partial charge is 0.307 e. The first kappa shape index (κ1) is 11.9. The second kappa shape index (κ2) is 4.60. The van der Waals surface area contributed by atoms with Crippen LogP contribution in [0.2, 0.25) is 0 Å². The summed E-state index contributed by atoms with van der Waals surface area (Å²) in [7, 11) is 0. The van der Waals surface area contributed by atoms with E-state index < -0.39 is 0 Å². The SMILES string of the molecule is Brc1cc2c(s1)CCCC2NC(C1CC1)C1CC1. The van der Waals surface area contributed by atoms with Crippen LogP contribution in [-0.2, 0) is 6.42 Å². The maximum atomic E-state index is 4.04. The van der Waals surface area contributed by atoms with Crippen molar-refractivity contribution in [2.24, 2.45) is 11.8 Å². The average molecular weight is 326 g/mol. The van der Waals surface area contributed by atoms with Crippen LogP contribution in [0, 0.1) is 11.8 Å². The third kappa shape index (κ3) is 2.30. The Morgan fingerprint density at radius 3 is 2.56 bits per heavy atom. The molecule has 3 aliphatic rings. The van der Waals surface area contributed by atoms with Crippen molar-refractivity contribution in [1.82, 2.24) is 5.32 Å². The van der Waals surface area contributed by atoms with E-state index >= 15 is 0 Å². The number of thiophene rings is 1. The van der Waals surface area contributed by atoms with E-state index in [-0.39, 0.29) is 0 Å². The molecule has 1 aromatic rings. The molecule has 0 amide bonds. The van der Waals surface area contributed by atoms with Gasteiger partial charge in [-0.15, -0.1) is 11.3 Å². The second-order valence-electron chi connectivity index (χ2n) is 6.24. The number of nitrogens with one attached hydrogen (secondary N) is 1. The highest BCUT2D eigenvalue weighted by molar-refractivity contribution is 9.11. The van der Waals surface area contributed by atoms with E-state index in [1.165, 1.54) is 48.7 Å². The standard InChI is InChI=1S/C15H20BrNS/c16-14-8-11-12(2-1-3-13(11)18-14)17-15(9-4-5-9)10-6-7-10/h8-10,12,15,17H,1-7H2. The van der Waals surface area contributed by atoms with Crippen molar-refractivity contribution in [3.8, 4) is 0 Å². The fraction of sp³-hybridized carbons (Fsp3) is 0.733. The molecule has 0 aliphatic heterocycles. The minimum Gasteiger partial charge on any atom is -0.307 e. The topological polar surface area (TPSA) is 12.0 Å². The fourth-order valence-electron chi connectivity index (χ4n) is 3.49. The Labute approximate surface area is 121 Å². The van der Waals surface area contributed by atoms with E-state index in [1.807, 2.05) is 11.3 Å². The lowest BCUT2D eigenvalue weighted by molar-refractivity contribution is 0.342. The minimum atomic E-state index is 0.641. The smallest absolute Gasteiger partial charge is 0.0704 e. The first-order valence-electron chi connectivity index (χ1n) is 7.35. The van der Waals surface area contributed by atoms with Gasteiger partial charge >= 0.3 is 0 Å². The number of aryl methyl sites for hydroxylation is 1. The molecule has 4 rings (SSSR count). The highest BCUT2D eigenvalue weighted by Crippen LogP contribution is 2.47. The molecular weight excluding hydrogens is 306 g/mol. The summed E-state index contributed by atoms with van der Waals surface area (Å²) < 4.78 is 1.32. The molecule has 1 unspecified atom stereocenters. The fourth-order valence-corrected chi connectivity index (χ4v) is 5.31. The third-order valence-electron chi connectivity index (χ3n) is 4.74. The Balaban J connectivity index is 1.54. The zero-order valence-corrected chi connectivity index (χ0v) is 13.0. The van der Waals surface area contributed by atoms with E-state index in [2.05, 4.69) is 27.3 Å². The molecule has 1 N–H and O–H groups in total. The van der Waals surface area contributed by atoms with Crippen LogP contribution in [0.25, 0.3) is 0 Å². The van der Waals surface area contributed by atoms with Gasteiger partial charge in [0.25, 0.3) is 0 Å². The average Bonchev–Trinajstić information content (AvgIpc) is 3.23. The van der Waals surface area contributed by atoms with Crippen LogP contribution in [0.15, 0.2) is 9.85 Å². The molecule has 0 saturated heterocycles. The first-order valence-corrected chi connectivity index (χ1v) is 8.96.